The molecule has 2 aliphatic heterocycles. The third-order valence-corrected chi connectivity index (χ3v) is 6.53. The largest absolute Gasteiger partial charge is 0.387 e. The van der Waals surface area contributed by atoms with Gasteiger partial charge in [-0.2, -0.15) is 8.42 Å². The number of hydrogen-bond acceptors (Lipinski definition) is 10. The molecule has 0 bridgehead atoms. The molecule has 1 aromatic heterocycles. The van der Waals surface area contributed by atoms with Gasteiger partial charge in [0.05, 0.1) is 24.2 Å². The minimum Gasteiger partial charge on any atom is -0.387 e. The minimum atomic E-state index is -4.07. The van der Waals surface area contributed by atoms with Crippen LogP contribution in [0.25, 0.3) is 0 Å². The molecule has 4 rings (SSSR count). The molecule has 2 aromatic rings. The summed E-state index contributed by atoms with van der Waals surface area (Å²) in [5, 5.41) is 24.1. The smallest absolute Gasteiger partial charge is 0.297 e. The highest BCUT2D eigenvalue weighted by Gasteiger charge is 2.53. The third-order valence-electron chi connectivity index (χ3n) is 5.25. The molecule has 1 saturated heterocycles. The van der Waals surface area contributed by atoms with E-state index < -0.39 is 46.9 Å². The molecule has 1 aromatic carbocycles. The van der Waals surface area contributed by atoms with Crippen LogP contribution in [-0.2, 0) is 19.0 Å². The zero-order chi connectivity index (χ0) is 21.7. The number of aryl methyl sites for hydroxylation is 1. The molecule has 5 N–H and O–H groups in total. The van der Waals surface area contributed by atoms with Crippen molar-refractivity contribution in [1.82, 2.24) is 9.55 Å². The summed E-state index contributed by atoms with van der Waals surface area (Å²) < 4.78 is 37.5. The summed E-state index contributed by atoms with van der Waals surface area (Å²) >= 11 is 0. The normalized spacial score (nSPS) is 30.8. The lowest BCUT2D eigenvalue weighted by Gasteiger charge is -2.27. The number of aliphatic imine (C=N–C) groups is 1. The zero-order valence-electron chi connectivity index (χ0n) is 16.3. The van der Waals surface area contributed by atoms with Gasteiger partial charge in [-0.05, 0) is 26.0 Å². The first-order chi connectivity index (χ1) is 14.1. The maximum atomic E-state index is 12.5. The van der Waals surface area contributed by atoms with Gasteiger partial charge in [0.1, 0.15) is 35.5 Å². The van der Waals surface area contributed by atoms with Gasteiger partial charge in [0.2, 0.25) is 0 Å². The fourth-order valence-corrected chi connectivity index (χ4v) is 4.42. The molecule has 162 valence electrons. The highest BCUT2D eigenvalue weighted by atomic mass is 32.2. The van der Waals surface area contributed by atoms with Crippen molar-refractivity contribution in [3.63, 3.8) is 0 Å². The quantitative estimate of drug-likeness (QED) is 0.472. The molecule has 0 aliphatic carbocycles. The Bertz CT molecular complexity index is 1070. The van der Waals surface area contributed by atoms with Crippen LogP contribution in [0.2, 0.25) is 0 Å². The molecule has 12 heteroatoms. The van der Waals surface area contributed by atoms with Gasteiger partial charge in [-0.15, -0.1) is 0 Å². The number of rotatable bonds is 5. The van der Waals surface area contributed by atoms with E-state index >= 15 is 0 Å². The van der Waals surface area contributed by atoms with Crippen LogP contribution >= 0.6 is 0 Å². The van der Waals surface area contributed by atoms with E-state index in [1.54, 1.807) is 12.1 Å². The monoisotopic (exact) mass is 437 g/mol. The number of imidazole rings is 1. The lowest BCUT2D eigenvalue weighted by atomic mass is 9.99. The maximum absolute atomic E-state index is 12.5. The Morgan fingerprint density at radius 3 is 2.73 bits per heavy atom. The first-order valence-electron chi connectivity index (χ1n) is 9.23. The van der Waals surface area contributed by atoms with Crippen molar-refractivity contribution in [1.29, 1.82) is 0 Å². The van der Waals surface area contributed by atoms with Crippen molar-refractivity contribution < 1.29 is 27.6 Å². The van der Waals surface area contributed by atoms with E-state index in [1.165, 1.54) is 36.3 Å². The summed E-state index contributed by atoms with van der Waals surface area (Å²) in [6, 6.07) is 6.18. The van der Waals surface area contributed by atoms with Crippen LogP contribution in [0, 0.1) is 6.92 Å². The molecule has 2 aliphatic rings. The third kappa shape index (κ3) is 3.51. The molecule has 5 atom stereocenters. The summed E-state index contributed by atoms with van der Waals surface area (Å²) in [4.78, 5) is 8.16. The summed E-state index contributed by atoms with van der Waals surface area (Å²) in [5.41, 5.74) is 5.74. The van der Waals surface area contributed by atoms with E-state index in [9.17, 15) is 18.6 Å². The number of hydrogen-bond donors (Lipinski definition) is 4. The number of ether oxygens (including phenoxy) is 1. The number of nitrogens with one attached hydrogen (secondary N) is 1. The summed E-state index contributed by atoms with van der Waals surface area (Å²) in [6.07, 6.45) is -1.68. The zero-order valence-corrected chi connectivity index (χ0v) is 17.2. The highest BCUT2D eigenvalue weighted by Crippen LogP contribution is 2.40. The predicted octanol–water partition coefficient (Wildman–Crippen LogP) is 0.0174. The van der Waals surface area contributed by atoms with Crippen molar-refractivity contribution in [2.24, 2.45) is 10.7 Å². The SMILES string of the molecule is Cc1ccc(S(=O)(=O)OC[C@@]2(C)OC(n3cnc4c3NC=NC4N)[C@@H](O)[C@H]2O)cc1. The first kappa shape index (κ1) is 20.9. The van der Waals surface area contributed by atoms with Crippen molar-refractivity contribution in [2.75, 3.05) is 11.9 Å². The molecule has 11 nitrogen and oxygen atoms in total. The van der Waals surface area contributed by atoms with Gasteiger partial charge in [0.25, 0.3) is 10.1 Å². The number of aliphatic hydroxyl groups is 2. The fraction of sp³-hybridized carbons (Fsp3) is 0.444. The molecule has 0 amide bonds. The van der Waals surface area contributed by atoms with Gasteiger partial charge in [-0.25, -0.2) is 4.98 Å². The number of benzene rings is 1. The van der Waals surface area contributed by atoms with Crippen LogP contribution in [0.15, 0.2) is 40.5 Å². The molecule has 0 saturated carbocycles. The Labute approximate surface area is 173 Å². The fourth-order valence-electron chi connectivity index (χ4n) is 3.42. The molecule has 2 unspecified atom stereocenters. The van der Waals surface area contributed by atoms with Crippen LogP contribution in [0.1, 0.15) is 30.6 Å². The van der Waals surface area contributed by atoms with E-state index in [2.05, 4.69) is 15.3 Å². The van der Waals surface area contributed by atoms with Crippen LogP contribution < -0.4 is 11.1 Å². The van der Waals surface area contributed by atoms with Crippen LogP contribution in [0.5, 0.6) is 0 Å². The van der Waals surface area contributed by atoms with Gasteiger partial charge >= 0.3 is 0 Å². The Morgan fingerprint density at radius 2 is 2.03 bits per heavy atom. The summed E-state index contributed by atoms with van der Waals surface area (Å²) in [5.74, 6) is 0.464. The van der Waals surface area contributed by atoms with Gasteiger partial charge in [0.15, 0.2) is 6.23 Å². The molecule has 30 heavy (non-hydrogen) atoms. The van der Waals surface area contributed by atoms with E-state index in [-0.39, 0.29) is 4.90 Å². The second-order valence-corrected chi connectivity index (χ2v) is 9.15. The molecule has 0 spiro atoms. The lowest BCUT2D eigenvalue weighted by molar-refractivity contribution is -0.110. The Hall–Kier alpha value is -2.35. The number of anilines is 1. The average molecular weight is 437 g/mol. The predicted molar refractivity (Wildman–Crippen MR) is 106 cm³/mol. The lowest BCUT2D eigenvalue weighted by Crippen LogP contribution is -2.44. The number of aromatic nitrogens is 2. The number of aliphatic hydroxyl groups excluding tert-OH is 2. The Morgan fingerprint density at radius 1 is 1.33 bits per heavy atom. The van der Waals surface area contributed by atoms with Gasteiger partial charge < -0.3 is 26.0 Å². The van der Waals surface area contributed by atoms with E-state index in [0.29, 0.717) is 11.5 Å². The Balaban J connectivity index is 1.53. The summed E-state index contributed by atoms with van der Waals surface area (Å²) in [7, 11) is -4.07. The van der Waals surface area contributed by atoms with Crippen LogP contribution in [-0.4, -0.2) is 58.9 Å². The van der Waals surface area contributed by atoms with E-state index in [1.807, 2.05) is 6.92 Å². The topological polar surface area (TPSA) is 161 Å². The molecular formula is C18H23N5O6S. The Kier molecular flexibility index (Phi) is 5.16. The molecule has 1 fully saturated rings. The minimum absolute atomic E-state index is 0.0116. The average Bonchev–Trinajstić information content (AvgIpc) is 3.23. The van der Waals surface area contributed by atoms with E-state index in [0.717, 1.165) is 5.56 Å². The highest BCUT2D eigenvalue weighted by molar-refractivity contribution is 7.86. The van der Waals surface area contributed by atoms with Crippen molar-refractivity contribution in [2.45, 2.75) is 48.9 Å². The second-order valence-electron chi connectivity index (χ2n) is 7.54. The van der Waals surface area contributed by atoms with Crippen LogP contribution in [0.4, 0.5) is 5.82 Å². The molecule has 3 heterocycles. The number of fused-ring (bicyclic) bond motifs is 1. The summed E-state index contributed by atoms with van der Waals surface area (Å²) in [6.45, 7) is 2.81. The molecular weight excluding hydrogens is 414 g/mol. The standard InChI is InChI=1S/C18H23N5O6S/c1-10-3-5-11(6-4-10)30(26,27)28-7-18(2)14(25)13(24)17(29-18)23-9-22-12-15(19)20-8-21-16(12)23/h3-6,8-9,13-15,17,24-25H,7,19H2,1-2H3,(H,20,21)/t13-,14+,15?,17?,18+/m0/s1. The maximum Gasteiger partial charge on any atom is 0.297 e. The number of nitrogens with two attached hydrogens (primary N) is 1. The van der Waals surface area contributed by atoms with Crippen molar-refractivity contribution in [3.05, 3.63) is 41.9 Å². The van der Waals surface area contributed by atoms with Gasteiger partial charge in [0, 0.05) is 0 Å². The van der Waals surface area contributed by atoms with Crippen molar-refractivity contribution in [3.8, 4) is 0 Å². The number of nitrogens with zero attached hydrogens (tertiary/aromatic N) is 3. The first-order valence-corrected chi connectivity index (χ1v) is 10.6. The van der Waals surface area contributed by atoms with Crippen LogP contribution in [0.3, 0.4) is 0 Å². The second kappa shape index (κ2) is 7.41. The van der Waals surface area contributed by atoms with Crippen molar-refractivity contribution >= 4 is 22.3 Å². The van der Waals surface area contributed by atoms with Gasteiger partial charge in [-0.1, -0.05) is 17.7 Å². The van der Waals surface area contributed by atoms with E-state index in [4.69, 9.17) is 14.7 Å². The molecule has 0 radical (unpaired) electrons. The van der Waals surface area contributed by atoms with Gasteiger partial charge in [-0.3, -0.25) is 13.7 Å².